The predicted octanol–water partition coefficient (Wildman–Crippen LogP) is 7.48. The second-order valence-corrected chi connectivity index (χ2v) is 9.17. The predicted molar refractivity (Wildman–Crippen MR) is 137 cm³/mol. The van der Waals surface area contributed by atoms with Gasteiger partial charge in [-0.25, -0.2) is 4.39 Å². The van der Waals surface area contributed by atoms with Gasteiger partial charge in [-0.05, 0) is 61.9 Å². The molecule has 0 spiro atoms. The largest absolute Gasteiger partial charge is 0.487 e. The average Bonchev–Trinajstić information content (AvgIpc) is 3.08. The number of ether oxygens (including phenoxy) is 1. The zero-order chi connectivity index (χ0) is 25.1. The number of aryl methyl sites for hydroxylation is 1. The fourth-order valence-electron chi connectivity index (χ4n) is 3.61. The summed E-state index contributed by atoms with van der Waals surface area (Å²) in [4.78, 5) is 13.0. The highest BCUT2D eigenvalue weighted by Gasteiger charge is 2.18. The molecule has 35 heavy (non-hydrogen) atoms. The van der Waals surface area contributed by atoms with E-state index in [1.807, 2.05) is 13.0 Å². The van der Waals surface area contributed by atoms with Gasteiger partial charge in [-0.3, -0.25) is 9.48 Å². The Hall–Kier alpha value is -3.06. The lowest BCUT2D eigenvalue weighted by Gasteiger charge is -2.11. The van der Waals surface area contributed by atoms with Gasteiger partial charge in [0.15, 0.2) is 0 Å². The first kappa shape index (κ1) is 25.0. The number of aromatic nitrogens is 2. The van der Waals surface area contributed by atoms with E-state index in [1.165, 1.54) is 6.07 Å². The van der Waals surface area contributed by atoms with Crippen molar-refractivity contribution in [1.29, 1.82) is 0 Å². The molecule has 1 amide bonds. The Kier molecular flexibility index (Phi) is 7.65. The molecule has 3 aromatic carbocycles. The number of rotatable bonds is 7. The van der Waals surface area contributed by atoms with Crippen LogP contribution in [0.2, 0.25) is 15.1 Å². The summed E-state index contributed by atoms with van der Waals surface area (Å²) in [5.41, 5.74) is 3.45. The van der Waals surface area contributed by atoms with Gasteiger partial charge in [-0.15, -0.1) is 0 Å². The fourth-order valence-corrected chi connectivity index (χ4v) is 4.29. The van der Waals surface area contributed by atoms with Crippen molar-refractivity contribution in [3.05, 3.63) is 110 Å². The normalized spacial score (nSPS) is 10.9. The Morgan fingerprint density at radius 3 is 2.54 bits per heavy atom. The van der Waals surface area contributed by atoms with Crippen molar-refractivity contribution in [3.8, 4) is 5.75 Å². The fraction of sp³-hybridized carbons (Fsp3) is 0.154. The molecule has 180 valence electrons. The van der Waals surface area contributed by atoms with Crippen LogP contribution in [0.4, 0.5) is 10.1 Å². The summed E-state index contributed by atoms with van der Waals surface area (Å²) >= 11 is 18.2. The van der Waals surface area contributed by atoms with Crippen LogP contribution in [-0.4, -0.2) is 15.7 Å². The van der Waals surface area contributed by atoms with E-state index in [1.54, 1.807) is 60.1 Å². The van der Waals surface area contributed by atoms with Crippen LogP contribution >= 0.6 is 34.8 Å². The second kappa shape index (κ2) is 10.7. The number of amides is 1. The minimum atomic E-state index is -0.408. The van der Waals surface area contributed by atoms with Gasteiger partial charge in [0.2, 0.25) is 0 Å². The zero-order valence-corrected chi connectivity index (χ0v) is 21.2. The monoisotopic (exact) mass is 531 g/mol. The first-order valence-electron chi connectivity index (χ1n) is 10.7. The van der Waals surface area contributed by atoms with Crippen LogP contribution in [0.1, 0.15) is 32.9 Å². The first-order valence-corrected chi connectivity index (χ1v) is 11.8. The van der Waals surface area contributed by atoms with Crippen molar-refractivity contribution in [2.75, 3.05) is 5.32 Å². The minimum absolute atomic E-state index is 0.147. The van der Waals surface area contributed by atoms with Crippen molar-refractivity contribution in [1.82, 2.24) is 9.78 Å². The maximum atomic E-state index is 14.2. The molecular weight excluding hydrogens is 512 g/mol. The highest BCUT2D eigenvalue weighted by molar-refractivity contribution is 6.35. The van der Waals surface area contributed by atoms with Crippen LogP contribution < -0.4 is 10.1 Å². The molecule has 4 aromatic rings. The Balaban J connectivity index is 1.48. The Morgan fingerprint density at radius 1 is 1.03 bits per heavy atom. The van der Waals surface area contributed by atoms with E-state index in [2.05, 4.69) is 10.4 Å². The molecule has 1 aromatic heterocycles. The maximum absolute atomic E-state index is 14.2. The van der Waals surface area contributed by atoms with Crippen LogP contribution in [0.25, 0.3) is 0 Å². The quantitative estimate of drug-likeness (QED) is 0.268. The third-order valence-electron chi connectivity index (χ3n) is 5.47. The molecule has 0 atom stereocenters. The van der Waals surface area contributed by atoms with Crippen molar-refractivity contribution in [3.63, 3.8) is 0 Å². The molecule has 5 nitrogen and oxygen atoms in total. The van der Waals surface area contributed by atoms with E-state index in [0.717, 1.165) is 5.56 Å². The van der Waals surface area contributed by atoms with Gasteiger partial charge in [0.05, 0.1) is 28.6 Å². The molecule has 0 saturated heterocycles. The summed E-state index contributed by atoms with van der Waals surface area (Å²) in [6.07, 6.45) is 0. The van der Waals surface area contributed by atoms with E-state index in [0.29, 0.717) is 49.0 Å². The number of nitrogens with zero attached hydrogens (tertiary/aromatic N) is 2. The molecule has 0 unspecified atom stereocenters. The first-order chi connectivity index (χ1) is 16.7. The van der Waals surface area contributed by atoms with E-state index < -0.39 is 5.82 Å². The molecule has 0 aliphatic carbocycles. The number of carbonyl (C=O) groups is 1. The molecule has 0 fully saturated rings. The number of nitrogens with one attached hydrogen (secondary N) is 1. The lowest BCUT2D eigenvalue weighted by atomic mass is 10.1. The van der Waals surface area contributed by atoms with Crippen molar-refractivity contribution < 1.29 is 13.9 Å². The second-order valence-electron chi connectivity index (χ2n) is 7.92. The molecule has 4 rings (SSSR count). The van der Waals surface area contributed by atoms with Crippen LogP contribution in [0.3, 0.4) is 0 Å². The van der Waals surface area contributed by atoms with Crippen molar-refractivity contribution in [2.45, 2.75) is 27.0 Å². The zero-order valence-electron chi connectivity index (χ0n) is 18.9. The van der Waals surface area contributed by atoms with Crippen LogP contribution in [0.5, 0.6) is 5.75 Å². The van der Waals surface area contributed by atoms with Gasteiger partial charge in [-0.2, -0.15) is 5.10 Å². The molecule has 0 radical (unpaired) electrons. The Bertz CT molecular complexity index is 1380. The van der Waals surface area contributed by atoms with Crippen LogP contribution in [-0.2, 0) is 13.2 Å². The summed E-state index contributed by atoms with van der Waals surface area (Å²) < 4.78 is 21.6. The lowest BCUT2D eigenvalue weighted by molar-refractivity contribution is 0.102. The smallest absolute Gasteiger partial charge is 0.255 e. The summed E-state index contributed by atoms with van der Waals surface area (Å²) in [5.74, 6) is -0.208. The molecule has 1 N–H and O–H groups in total. The van der Waals surface area contributed by atoms with E-state index in [9.17, 15) is 9.18 Å². The Labute approximate surface area is 217 Å². The average molecular weight is 533 g/mol. The highest BCUT2D eigenvalue weighted by Crippen LogP contribution is 2.28. The van der Waals surface area contributed by atoms with E-state index >= 15 is 0 Å². The summed E-state index contributed by atoms with van der Waals surface area (Å²) in [5, 5.41) is 8.64. The van der Waals surface area contributed by atoms with Gasteiger partial charge in [0.25, 0.3) is 5.91 Å². The van der Waals surface area contributed by atoms with Crippen molar-refractivity contribution >= 4 is 46.4 Å². The SMILES string of the molecule is Cc1nn(Cc2c(F)cccc2Cl)c(C)c1NC(=O)c1cccc(COc2ccc(Cl)cc2Cl)c1. The van der Waals surface area contributed by atoms with Crippen LogP contribution in [0.15, 0.2) is 60.7 Å². The molecule has 0 saturated carbocycles. The lowest BCUT2D eigenvalue weighted by Crippen LogP contribution is -2.14. The third kappa shape index (κ3) is 5.78. The Morgan fingerprint density at radius 2 is 1.80 bits per heavy atom. The molecule has 1 heterocycles. The molecule has 9 heteroatoms. The van der Waals surface area contributed by atoms with Crippen molar-refractivity contribution in [2.24, 2.45) is 0 Å². The highest BCUT2D eigenvalue weighted by atomic mass is 35.5. The summed E-state index contributed by atoms with van der Waals surface area (Å²) in [6, 6.07) is 16.6. The summed E-state index contributed by atoms with van der Waals surface area (Å²) in [6.45, 7) is 3.96. The number of benzene rings is 3. The molecule has 0 aliphatic heterocycles. The number of carbonyl (C=O) groups excluding carboxylic acids is 1. The van der Waals surface area contributed by atoms with Gasteiger partial charge in [0.1, 0.15) is 18.2 Å². The van der Waals surface area contributed by atoms with E-state index in [-0.39, 0.29) is 19.1 Å². The number of anilines is 1. The van der Waals surface area contributed by atoms with E-state index in [4.69, 9.17) is 39.5 Å². The number of halogens is 4. The topological polar surface area (TPSA) is 56.2 Å². The van der Waals surface area contributed by atoms with Gasteiger partial charge in [0, 0.05) is 21.2 Å². The molecule has 0 bridgehead atoms. The number of hydrogen-bond acceptors (Lipinski definition) is 3. The number of hydrogen-bond donors (Lipinski definition) is 1. The van der Waals surface area contributed by atoms with Gasteiger partial charge >= 0.3 is 0 Å². The summed E-state index contributed by atoms with van der Waals surface area (Å²) in [7, 11) is 0. The van der Waals surface area contributed by atoms with Gasteiger partial charge < -0.3 is 10.1 Å². The minimum Gasteiger partial charge on any atom is -0.487 e. The standard InChI is InChI=1S/C26H21Cl3FN3O2/c1-15-25(16(2)33(32-15)13-20-21(28)7-4-8-23(20)30)31-26(34)18-6-3-5-17(11-18)14-35-24-10-9-19(27)12-22(24)29/h3-12H,13-14H2,1-2H3,(H,31,34). The third-order valence-corrected chi connectivity index (χ3v) is 6.35. The molecule has 0 aliphatic rings. The molecular formula is C26H21Cl3FN3O2. The van der Waals surface area contributed by atoms with Gasteiger partial charge in [-0.1, -0.05) is 53.0 Å². The maximum Gasteiger partial charge on any atom is 0.255 e. The van der Waals surface area contributed by atoms with Crippen LogP contribution in [0, 0.1) is 19.7 Å².